The van der Waals surface area contributed by atoms with Crippen molar-refractivity contribution in [2.75, 3.05) is 13.7 Å². The number of carbonyl (C=O) groups excluding carboxylic acids is 1. The molecule has 0 bridgehead atoms. The first-order valence-corrected chi connectivity index (χ1v) is 13.7. The number of aromatic nitrogens is 1. The van der Waals surface area contributed by atoms with Gasteiger partial charge in [0, 0.05) is 25.5 Å². The monoisotopic (exact) mass is 506 g/mol. The van der Waals surface area contributed by atoms with Gasteiger partial charge in [-0.1, -0.05) is 48.5 Å². The molecule has 1 saturated carbocycles. The van der Waals surface area contributed by atoms with Crippen LogP contribution >= 0.6 is 0 Å². The molecule has 1 aromatic heterocycles. The molecule has 0 radical (unpaired) electrons. The van der Waals surface area contributed by atoms with Crippen LogP contribution in [0.3, 0.4) is 0 Å². The van der Waals surface area contributed by atoms with Crippen molar-refractivity contribution in [2.45, 2.75) is 56.6 Å². The van der Waals surface area contributed by atoms with Crippen LogP contribution in [-0.4, -0.2) is 35.5 Å². The van der Waals surface area contributed by atoms with E-state index >= 15 is 0 Å². The van der Waals surface area contributed by atoms with Gasteiger partial charge < -0.3 is 14.4 Å². The normalized spacial score (nSPS) is 19.8. The first-order valence-electron chi connectivity index (χ1n) is 13.7. The predicted octanol–water partition coefficient (Wildman–Crippen LogP) is 6.48. The summed E-state index contributed by atoms with van der Waals surface area (Å²) in [5, 5.41) is 2.40. The van der Waals surface area contributed by atoms with E-state index in [9.17, 15) is 4.79 Å². The lowest BCUT2D eigenvalue weighted by molar-refractivity contribution is -0.133. The minimum Gasteiger partial charge on any atom is -0.493 e. The van der Waals surface area contributed by atoms with Crippen molar-refractivity contribution in [2.24, 2.45) is 0 Å². The van der Waals surface area contributed by atoms with Crippen LogP contribution in [0, 0.1) is 0 Å². The third-order valence-electron chi connectivity index (χ3n) is 8.31. The number of hydrogen-bond acceptors (Lipinski definition) is 4. The number of carbonyl (C=O) groups is 1. The summed E-state index contributed by atoms with van der Waals surface area (Å²) in [6, 6.07) is 24.9. The van der Waals surface area contributed by atoms with Gasteiger partial charge in [0.25, 0.3) is 0 Å². The number of likely N-dealkylation sites (tertiary alicyclic amines) is 1. The fourth-order valence-electron chi connectivity index (χ4n) is 6.26. The van der Waals surface area contributed by atoms with Gasteiger partial charge in [-0.3, -0.25) is 9.78 Å². The number of ether oxygens (including phenoxy) is 2. The highest BCUT2D eigenvalue weighted by atomic mass is 16.5. The zero-order valence-electron chi connectivity index (χ0n) is 21.9. The number of rotatable bonds is 8. The minimum absolute atomic E-state index is 0.166. The van der Waals surface area contributed by atoms with Crippen molar-refractivity contribution in [3.8, 4) is 11.5 Å². The molecule has 3 aromatic carbocycles. The number of benzene rings is 3. The molecule has 194 valence electrons. The lowest BCUT2D eigenvalue weighted by atomic mass is 9.74. The Labute approximate surface area is 224 Å². The molecule has 0 N–H and O–H groups in total. The molecule has 2 aliphatic rings. The number of hydrogen-bond donors (Lipinski definition) is 0. The SMILES string of the molecule is COc1ccc(C2(Cc3ccncc3)CCN(Cc3cccc4ccccc34)C2=O)cc1OC1CCCC1. The van der Waals surface area contributed by atoms with Crippen LogP contribution in [0.25, 0.3) is 10.8 Å². The van der Waals surface area contributed by atoms with E-state index in [1.54, 1.807) is 19.5 Å². The number of methoxy groups -OCH3 is 1. The van der Waals surface area contributed by atoms with Crippen LogP contribution in [-0.2, 0) is 23.2 Å². The fourth-order valence-corrected chi connectivity index (χ4v) is 6.26. The molecule has 0 spiro atoms. The zero-order valence-corrected chi connectivity index (χ0v) is 21.9. The second-order valence-electron chi connectivity index (χ2n) is 10.6. The molecule has 1 aliphatic carbocycles. The van der Waals surface area contributed by atoms with E-state index in [1.807, 2.05) is 23.1 Å². The summed E-state index contributed by atoms with van der Waals surface area (Å²) in [6.45, 7) is 1.30. The van der Waals surface area contributed by atoms with Crippen LogP contribution in [0.1, 0.15) is 48.8 Å². The highest BCUT2D eigenvalue weighted by Crippen LogP contribution is 2.43. The molecule has 2 fully saturated rings. The van der Waals surface area contributed by atoms with Gasteiger partial charge >= 0.3 is 0 Å². The average Bonchev–Trinajstić information content (AvgIpc) is 3.58. The van der Waals surface area contributed by atoms with Gasteiger partial charge in [-0.05, 0) is 90.3 Å². The van der Waals surface area contributed by atoms with Gasteiger partial charge in [0.05, 0.1) is 18.6 Å². The highest BCUT2D eigenvalue weighted by Gasteiger charge is 2.48. The molecule has 5 nitrogen and oxygen atoms in total. The summed E-state index contributed by atoms with van der Waals surface area (Å²) >= 11 is 0. The lowest BCUT2D eigenvalue weighted by Gasteiger charge is -2.30. The first-order chi connectivity index (χ1) is 18.7. The van der Waals surface area contributed by atoms with Crippen molar-refractivity contribution in [3.63, 3.8) is 0 Å². The number of amides is 1. The van der Waals surface area contributed by atoms with Gasteiger partial charge in [0.2, 0.25) is 5.91 Å². The Kier molecular flexibility index (Phi) is 6.75. The molecule has 1 unspecified atom stereocenters. The summed E-state index contributed by atoms with van der Waals surface area (Å²) in [5.74, 6) is 1.63. The maximum atomic E-state index is 14.4. The number of fused-ring (bicyclic) bond motifs is 1. The van der Waals surface area contributed by atoms with Crippen molar-refractivity contribution < 1.29 is 14.3 Å². The van der Waals surface area contributed by atoms with E-state index in [4.69, 9.17) is 9.47 Å². The van der Waals surface area contributed by atoms with Crippen molar-refractivity contribution in [1.82, 2.24) is 9.88 Å². The first kappa shape index (κ1) is 24.5. The Bertz CT molecular complexity index is 1430. The summed E-state index contributed by atoms with van der Waals surface area (Å²) in [7, 11) is 1.68. The topological polar surface area (TPSA) is 51.7 Å². The van der Waals surface area contributed by atoms with Gasteiger partial charge in [0.1, 0.15) is 0 Å². The van der Waals surface area contributed by atoms with E-state index in [2.05, 4.69) is 59.6 Å². The van der Waals surface area contributed by atoms with Crippen LogP contribution in [0.5, 0.6) is 11.5 Å². The Balaban J connectivity index is 1.37. The highest BCUT2D eigenvalue weighted by molar-refractivity contribution is 5.92. The van der Waals surface area contributed by atoms with Gasteiger partial charge in [-0.2, -0.15) is 0 Å². The predicted molar refractivity (Wildman–Crippen MR) is 149 cm³/mol. The van der Waals surface area contributed by atoms with Crippen molar-refractivity contribution >= 4 is 16.7 Å². The molecule has 1 aliphatic heterocycles. The van der Waals surface area contributed by atoms with E-state index in [-0.39, 0.29) is 12.0 Å². The third kappa shape index (κ3) is 4.62. The van der Waals surface area contributed by atoms with Gasteiger partial charge in [-0.15, -0.1) is 0 Å². The molecule has 1 amide bonds. The average molecular weight is 507 g/mol. The Morgan fingerprint density at radius 1 is 0.947 bits per heavy atom. The van der Waals surface area contributed by atoms with Crippen molar-refractivity contribution in [3.05, 3.63) is 102 Å². The van der Waals surface area contributed by atoms with Gasteiger partial charge in [0.15, 0.2) is 11.5 Å². The molecule has 6 rings (SSSR count). The summed E-state index contributed by atoms with van der Waals surface area (Å²) in [5.41, 5.74) is 2.60. The van der Waals surface area contributed by atoms with E-state index in [0.717, 1.165) is 41.9 Å². The summed E-state index contributed by atoms with van der Waals surface area (Å²) in [6.07, 6.45) is 9.69. The van der Waals surface area contributed by atoms with Crippen LogP contribution in [0.2, 0.25) is 0 Å². The van der Waals surface area contributed by atoms with Gasteiger partial charge in [-0.25, -0.2) is 0 Å². The maximum Gasteiger partial charge on any atom is 0.233 e. The molecule has 5 heteroatoms. The number of pyridine rings is 1. The Morgan fingerprint density at radius 3 is 2.55 bits per heavy atom. The molecule has 1 saturated heterocycles. The van der Waals surface area contributed by atoms with Crippen LogP contribution in [0.4, 0.5) is 0 Å². The molecule has 38 heavy (non-hydrogen) atoms. The van der Waals surface area contributed by atoms with E-state index in [0.29, 0.717) is 19.5 Å². The largest absolute Gasteiger partial charge is 0.493 e. The van der Waals surface area contributed by atoms with E-state index in [1.165, 1.54) is 29.2 Å². The Morgan fingerprint density at radius 2 is 1.74 bits per heavy atom. The van der Waals surface area contributed by atoms with Crippen LogP contribution in [0.15, 0.2) is 85.2 Å². The van der Waals surface area contributed by atoms with E-state index < -0.39 is 5.41 Å². The second kappa shape index (κ2) is 10.5. The lowest BCUT2D eigenvalue weighted by Crippen LogP contribution is -2.39. The summed E-state index contributed by atoms with van der Waals surface area (Å²) < 4.78 is 12.1. The molecule has 2 heterocycles. The van der Waals surface area contributed by atoms with Crippen LogP contribution < -0.4 is 9.47 Å². The summed E-state index contributed by atoms with van der Waals surface area (Å²) in [4.78, 5) is 20.7. The smallest absolute Gasteiger partial charge is 0.233 e. The third-order valence-corrected chi connectivity index (χ3v) is 8.31. The molecular weight excluding hydrogens is 472 g/mol. The molecule has 1 atom stereocenters. The number of nitrogens with zero attached hydrogens (tertiary/aromatic N) is 2. The Hall–Kier alpha value is -3.86. The zero-order chi connectivity index (χ0) is 26.0. The second-order valence-corrected chi connectivity index (χ2v) is 10.6. The minimum atomic E-state index is -0.675. The standard InChI is InChI=1S/C33H34N2O3/c1-37-30-14-13-27(21-31(30)38-28-10-3-4-11-28)33(22-24-15-18-34-19-16-24)17-20-35(32(33)36)23-26-9-6-8-25-7-2-5-12-29(25)26/h2,5-9,12-16,18-19,21,28H,3-4,10-11,17,20,22-23H2,1H3. The molecular formula is C33H34N2O3. The molecule has 4 aromatic rings. The fraction of sp³-hybridized carbons (Fsp3) is 0.333. The van der Waals surface area contributed by atoms with Crippen molar-refractivity contribution in [1.29, 1.82) is 0 Å². The maximum absolute atomic E-state index is 14.4. The quantitative estimate of drug-likeness (QED) is 0.275.